The van der Waals surface area contributed by atoms with Crippen LogP contribution in [0.25, 0.3) is 0 Å². The van der Waals surface area contributed by atoms with Gasteiger partial charge in [0.2, 0.25) is 0 Å². The van der Waals surface area contributed by atoms with Gasteiger partial charge in [-0.05, 0) is 36.8 Å². The number of rotatable bonds is 1. The maximum absolute atomic E-state index is 11.8. The van der Waals surface area contributed by atoms with E-state index in [1.165, 1.54) is 16.0 Å². The van der Waals surface area contributed by atoms with Gasteiger partial charge in [-0.25, -0.2) is 4.79 Å². The molecule has 1 aromatic heterocycles. The second kappa shape index (κ2) is 5.08. The highest BCUT2D eigenvalue weighted by Gasteiger charge is 2.25. The Hall–Kier alpha value is -1.03. The van der Waals surface area contributed by atoms with Crippen LogP contribution in [0.3, 0.4) is 0 Å². The number of ether oxygens (including phenoxy) is 1. The van der Waals surface area contributed by atoms with Crippen molar-refractivity contribution < 1.29 is 9.53 Å². The molecule has 0 saturated heterocycles. The number of fused-ring (bicyclic) bond motifs is 1. The third-order valence-corrected chi connectivity index (χ3v) is 4.41. The summed E-state index contributed by atoms with van der Waals surface area (Å²) in [4.78, 5) is 15.0. The highest BCUT2D eigenvalue weighted by molar-refractivity contribution is 7.10. The van der Waals surface area contributed by atoms with E-state index in [2.05, 4.69) is 19.2 Å². The second-order valence-corrected chi connectivity index (χ2v) is 5.52. The summed E-state index contributed by atoms with van der Waals surface area (Å²) >= 11 is 1.82. The minimum Gasteiger partial charge on any atom is -0.450 e. The van der Waals surface area contributed by atoms with Crippen molar-refractivity contribution >= 4 is 17.4 Å². The van der Waals surface area contributed by atoms with E-state index in [1.807, 2.05) is 23.2 Å². The molecular weight excluding hydrogens is 234 g/mol. The van der Waals surface area contributed by atoms with E-state index in [-0.39, 0.29) is 6.09 Å². The normalized spacial score (nSPS) is 19.7. The summed E-state index contributed by atoms with van der Waals surface area (Å²) in [7, 11) is 0. The van der Waals surface area contributed by atoms with Gasteiger partial charge in [-0.15, -0.1) is 11.3 Å². The van der Waals surface area contributed by atoms with Crippen LogP contribution in [-0.2, 0) is 11.2 Å². The van der Waals surface area contributed by atoms with Gasteiger partial charge in [0.15, 0.2) is 0 Å². The van der Waals surface area contributed by atoms with Crippen LogP contribution in [0.15, 0.2) is 5.38 Å². The van der Waals surface area contributed by atoms with Crippen molar-refractivity contribution in [2.45, 2.75) is 33.1 Å². The van der Waals surface area contributed by atoms with E-state index in [0.717, 1.165) is 19.5 Å². The molecule has 0 fully saturated rings. The van der Waals surface area contributed by atoms with Crippen LogP contribution in [0.2, 0.25) is 0 Å². The number of carbonyl (C=O) groups excluding carboxylic acids is 1. The zero-order valence-electron chi connectivity index (χ0n) is 10.7. The first-order valence-corrected chi connectivity index (χ1v) is 7.00. The van der Waals surface area contributed by atoms with Gasteiger partial charge in [-0.3, -0.25) is 0 Å². The number of aryl methyl sites for hydroxylation is 1. The Balaban J connectivity index is 2.15. The van der Waals surface area contributed by atoms with E-state index in [4.69, 9.17) is 4.74 Å². The van der Waals surface area contributed by atoms with Crippen molar-refractivity contribution in [1.82, 2.24) is 4.90 Å². The first-order valence-electron chi connectivity index (χ1n) is 6.12. The SMILES string of the molecule is CCOC(=O)N1CCc2scc(C)c2C(C)C1. The van der Waals surface area contributed by atoms with Crippen LogP contribution in [0.4, 0.5) is 4.79 Å². The lowest BCUT2D eigenvalue weighted by Crippen LogP contribution is -2.34. The van der Waals surface area contributed by atoms with Crippen molar-refractivity contribution in [3.63, 3.8) is 0 Å². The standard InChI is InChI=1S/C13H19NO2S/c1-4-16-13(15)14-6-5-11-12(9(2)7-14)10(3)8-17-11/h8-9H,4-7H2,1-3H3. The smallest absolute Gasteiger partial charge is 0.409 e. The topological polar surface area (TPSA) is 29.5 Å². The Labute approximate surface area is 106 Å². The van der Waals surface area contributed by atoms with Crippen molar-refractivity contribution in [2.75, 3.05) is 19.7 Å². The number of amides is 1. The van der Waals surface area contributed by atoms with E-state index < -0.39 is 0 Å². The molecule has 0 aromatic carbocycles. The van der Waals surface area contributed by atoms with Gasteiger partial charge in [-0.1, -0.05) is 6.92 Å². The minimum atomic E-state index is -0.174. The van der Waals surface area contributed by atoms with Crippen molar-refractivity contribution in [3.05, 3.63) is 21.4 Å². The van der Waals surface area contributed by atoms with E-state index >= 15 is 0 Å². The van der Waals surface area contributed by atoms with Crippen LogP contribution in [-0.4, -0.2) is 30.7 Å². The molecule has 0 radical (unpaired) electrons. The molecule has 0 aliphatic carbocycles. The van der Waals surface area contributed by atoms with Crippen molar-refractivity contribution in [1.29, 1.82) is 0 Å². The van der Waals surface area contributed by atoms with Crippen molar-refractivity contribution in [3.8, 4) is 0 Å². The van der Waals surface area contributed by atoms with Crippen LogP contribution in [0.5, 0.6) is 0 Å². The molecule has 1 aliphatic heterocycles. The molecule has 1 unspecified atom stereocenters. The second-order valence-electron chi connectivity index (χ2n) is 4.55. The number of hydrogen-bond donors (Lipinski definition) is 0. The van der Waals surface area contributed by atoms with Gasteiger partial charge in [0.25, 0.3) is 0 Å². The maximum atomic E-state index is 11.8. The van der Waals surface area contributed by atoms with E-state index in [9.17, 15) is 4.79 Å². The Bertz CT molecular complexity index is 414. The molecule has 1 aromatic rings. The van der Waals surface area contributed by atoms with Gasteiger partial charge < -0.3 is 9.64 Å². The van der Waals surface area contributed by atoms with Crippen LogP contribution in [0, 0.1) is 6.92 Å². The third kappa shape index (κ3) is 2.46. The zero-order chi connectivity index (χ0) is 12.4. The van der Waals surface area contributed by atoms with E-state index in [1.54, 1.807) is 0 Å². The molecule has 94 valence electrons. The fourth-order valence-electron chi connectivity index (χ4n) is 2.49. The summed E-state index contributed by atoms with van der Waals surface area (Å²) in [5.74, 6) is 0.406. The summed E-state index contributed by atoms with van der Waals surface area (Å²) in [6, 6.07) is 0. The molecule has 4 heteroatoms. The van der Waals surface area contributed by atoms with Gasteiger partial charge in [0, 0.05) is 23.9 Å². The van der Waals surface area contributed by atoms with Gasteiger partial charge in [0.05, 0.1) is 6.61 Å². The lowest BCUT2D eigenvalue weighted by molar-refractivity contribution is 0.107. The average molecular weight is 253 g/mol. The molecule has 1 amide bonds. The lowest BCUT2D eigenvalue weighted by atomic mass is 9.98. The number of hydrogen-bond acceptors (Lipinski definition) is 3. The van der Waals surface area contributed by atoms with E-state index in [0.29, 0.717) is 12.5 Å². The van der Waals surface area contributed by atoms with Crippen molar-refractivity contribution in [2.24, 2.45) is 0 Å². The quantitative estimate of drug-likeness (QED) is 0.769. The molecule has 0 N–H and O–H groups in total. The maximum Gasteiger partial charge on any atom is 0.409 e. The Morgan fingerprint density at radius 1 is 1.65 bits per heavy atom. The first kappa shape index (κ1) is 12.4. The molecule has 1 atom stereocenters. The number of nitrogens with zero attached hydrogens (tertiary/aromatic N) is 1. The summed E-state index contributed by atoms with van der Waals surface area (Å²) in [5.41, 5.74) is 2.81. The van der Waals surface area contributed by atoms with Crippen LogP contribution < -0.4 is 0 Å². The highest BCUT2D eigenvalue weighted by atomic mass is 32.1. The molecule has 1 aliphatic rings. The molecule has 3 nitrogen and oxygen atoms in total. The fraction of sp³-hybridized carbons (Fsp3) is 0.615. The third-order valence-electron chi connectivity index (χ3n) is 3.23. The molecular formula is C13H19NO2S. The van der Waals surface area contributed by atoms with Gasteiger partial charge in [0.1, 0.15) is 0 Å². The lowest BCUT2D eigenvalue weighted by Gasteiger charge is -2.22. The van der Waals surface area contributed by atoms with Crippen LogP contribution in [0.1, 0.15) is 35.8 Å². The Morgan fingerprint density at radius 3 is 3.12 bits per heavy atom. The van der Waals surface area contributed by atoms with Gasteiger partial charge >= 0.3 is 6.09 Å². The number of thiophene rings is 1. The predicted octanol–water partition coefficient (Wildman–Crippen LogP) is 3.17. The summed E-state index contributed by atoms with van der Waals surface area (Å²) in [6.45, 7) is 8.19. The molecule has 2 rings (SSSR count). The summed E-state index contributed by atoms with van der Waals surface area (Å²) in [6.07, 6.45) is 0.781. The summed E-state index contributed by atoms with van der Waals surface area (Å²) in [5, 5.41) is 2.22. The monoisotopic (exact) mass is 253 g/mol. The predicted molar refractivity (Wildman–Crippen MR) is 69.8 cm³/mol. The molecule has 2 heterocycles. The Kier molecular flexibility index (Phi) is 3.72. The largest absolute Gasteiger partial charge is 0.450 e. The fourth-order valence-corrected chi connectivity index (χ4v) is 3.64. The molecule has 17 heavy (non-hydrogen) atoms. The highest BCUT2D eigenvalue weighted by Crippen LogP contribution is 2.32. The number of carbonyl (C=O) groups is 1. The Morgan fingerprint density at radius 2 is 2.41 bits per heavy atom. The van der Waals surface area contributed by atoms with Gasteiger partial charge in [-0.2, -0.15) is 0 Å². The zero-order valence-corrected chi connectivity index (χ0v) is 11.5. The first-order chi connectivity index (χ1) is 8.13. The molecule has 0 spiro atoms. The minimum absolute atomic E-state index is 0.174. The molecule has 0 saturated carbocycles. The average Bonchev–Trinajstić information content (AvgIpc) is 2.56. The summed E-state index contributed by atoms with van der Waals surface area (Å²) < 4.78 is 5.08. The van der Waals surface area contributed by atoms with Crippen LogP contribution >= 0.6 is 11.3 Å². The molecule has 0 bridgehead atoms.